The van der Waals surface area contributed by atoms with Gasteiger partial charge < -0.3 is 16.0 Å². The summed E-state index contributed by atoms with van der Waals surface area (Å²) in [4.78, 5) is 13.8. The van der Waals surface area contributed by atoms with Gasteiger partial charge in [-0.2, -0.15) is 0 Å². The summed E-state index contributed by atoms with van der Waals surface area (Å²) >= 11 is 0. The molecule has 4 nitrogen and oxygen atoms in total. The van der Waals surface area contributed by atoms with E-state index in [0.29, 0.717) is 0 Å². The van der Waals surface area contributed by atoms with Gasteiger partial charge in [0.25, 0.3) is 0 Å². The molecule has 1 fully saturated rings. The number of nitrogens with one attached hydrogen (secondary N) is 1. The zero-order valence-corrected chi connectivity index (χ0v) is 11.9. The summed E-state index contributed by atoms with van der Waals surface area (Å²) in [6, 6.07) is 6.62. The van der Waals surface area contributed by atoms with Crippen molar-refractivity contribution in [2.24, 2.45) is 5.73 Å². The molecule has 104 valence electrons. The minimum absolute atomic E-state index is 0.0191. The van der Waals surface area contributed by atoms with Gasteiger partial charge in [-0.15, -0.1) is 0 Å². The van der Waals surface area contributed by atoms with Crippen molar-refractivity contribution in [3.05, 3.63) is 34.9 Å². The fourth-order valence-corrected chi connectivity index (χ4v) is 2.53. The third-order valence-electron chi connectivity index (χ3n) is 3.64. The first kappa shape index (κ1) is 13.9. The van der Waals surface area contributed by atoms with Crippen molar-refractivity contribution in [3.63, 3.8) is 0 Å². The Morgan fingerprint density at radius 1 is 1.47 bits per heavy atom. The molecular formula is C15H23N3O. The van der Waals surface area contributed by atoms with Crippen molar-refractivity contribution < 1.29 is 4.79 Å². The van der Waals surface area contributed by atoms with Crippen LogP contribution in [0.4, 0.5) is 4.79 Å². The van der Waals surface area contributed by atoms with Crippen LogP contribution >= 0.6 is 0 Å². The van der Waals surface area contributed by atoms with E-state index in [2.05, 4.69) is 37.4 Å². The van der Waals surface area contributed by atoms with Crippen LogP contribution < -0.4 is 11.1 Å². The molecule has 2 atom stereocenters. The molecule has 2 amide bonds. The van der Waals surface area contributed by atoms with Crippen LogP contribution in [0.15, 0.2) is 18.2 Å². The first-order chi connectivity index (χ1) is 8.97. The summed E-state index contributed by atoms with van der Waals surface area (Å²) in [6.07, 6.45) is 0.840. The maximum Gasteiger partial charge on any atom is 0.318 e. The van der Waals surface area contributed by atoms with E-state index in [1.165, 1.54) is 16.7 Å². The van der Waals surface area contributed by atoms with E-state index in [1.54, 1.807) is 0 Å². The highest BCUT2D eigenvalue weighted by atomic mass is 16.2. The van der Waals surface area contributed by atoms with Crippen molar-refractivity contribution >= 4 is 6.03 Å². The van der Waals surface area contributed by atoms with Gasteiger partial charge >= 0.3 is 6.03 Å². The predicted octanol–water partition coefficient (Wildman–Crippen LogP) is 2.11. The molecule has 2 rings (SSSR count). The van der Waals surface area contributed by atoms with Crippen molar-refractivity contribution in [1.82, 2.24) is 10.2 Å². The molecule has 1 aromatic carbocycles. The zero-order valence-electron chi connectivity index (χ0n) is 11.9. The Kier molecular flexibility index (Phi) is 4.10. The van der Waals surface area contributed by atoms with Crippen LogP contribution in [0.5, 0.6) is 0 Å². The number of nitrogens with zero attached hydrogens (tertiary/aromatic N) is 1. The van der Waals surface area contributed by atoms with Gasteiger partial charge in [0.1, 0.15) is 0 Å². The van der Waals surface area contributed by atoms with Gasteiger partial charge in [-0.3, -0.25) is 0 Å². The molecule has 4 heteroatoms. The quantitative estimate of drug-likeness (QED) is 0.872. The first-order valence-corrected chi connectivity index (χ1v) is 6.85. The first-order valence-electron chi connectivity index (χ1n) is 6.85. The Bertz CT molecular complexity index is 470. The summed E-state index contributed by atoms with van der Waals surface area (Å²) in [7, 11) is 0. The molecule has 0 spiro atoms. The van der Waals surface area contributed by atoms with Gasteiger partial charge in [0.15, 0.2) is 0 Å². The molecule has 0 bridgehead atoms. The zero-order chi connectivity index (χ0) is 14.0. The summed E-state index contributed by atoms with van der Waals surface area (Å²) < 4.78 is 0. The molecule has 0 aliphatic carbocycles. The minimum Gasteiger partial charge on any atom is -0.329 e. The Morgan fingerprint density at radius 2 is 2.21 bits per heavy atom. The van der Waals surface area contributed by atoms with E-state index < -0.39 is 0 Å². The standard InChI is InChI=1S/C15H23N3O/c1-10-4-5-13(11(2)8-10)14-9-18(15(19)17-14)7-6-12(3)16/h4-5,8,12,14H,6-7,9,16H2,1-3H3,(H,17,19). The van der Waals surface area contributed by atoms with E-state index in [9.17, 15) is 4.79 Å². The number of hydrogen-bond acceptors (Lipinski definition) is 2. The molecule has 0 saturated carbocycles. The molecular weight excluding hydrogens is 238 g/mol. The number of urea groups is 1. The lowest BCUT2D eigenvalue weighted by Crippen LogP contribution is -2.32. The molecule has 1 aliphatic heterocycles. The Balaban J connectivity index is 2.05. The third kappa shape index (κ3) is 3.26. The van der Waals surface area contributed by atoms with E-state index in [-0.39, 0.29) is 18.1 Å². The smallest absolute Gasteiger partial charge is 0.318 e. The average molecular weight is 261 g/mol. The molecule has 1 aromatic rings. The number of aryl methyl sites for hydroxylation is 2. The highest BCUT2D eigenvalue weighted by Gasteiger charge is 2.30. The third-order valence-corrected chi connectivity index (χ3v) is 3.64. The van der Waals surface area contributed by atoms with Crippen LogP contribution in [0, 0.1) is 13.8 Å². The molecule has 1 saturated heterocycles. The monoisotopic (exact) mass is 261 g/mol. The van der Waals surface area contributed by atoms with Crippen LogP contribution in [0.2, 0.25) is 0 Å². The molecule has 0 radical (unpaired) electrons. The van der Waals surface area contributed by atoms with Gasteiger partial charge in [0, 0.05) is 19.1 Å². The maximum atomic E-state index is 11.9. The van der Waals surface area contributed by atoms with Gasteiger partial charge in [-0.1, -0.05) is 23.8 Å². The number of amides is 2. The summed E-state index contributed by atoms with van der Waals surface area (Å²) in [5.74, 6) is 0. The van der Waals surface area contributed by atoms with Crippen LogP contribution in [0.3, 0.4) is 0 Å². The number of rotatable bonds is 4. The number of nitrogens with two attached hydrogens (primary N) is 1. The average Bonchev–Trinajstić information content (AvgIpc) is 2.67. The van der Waals surface area contributed by atoms with Crippen molar-refractivity contribution in [2.75, 3.05) is 13.1 Å². The largest absolute Gasteiger partial charge is 0.329 e. The molecule has 3 N–H and O–H groups in total. The van der Waals surface area contributed by atoms with Gasteiger partial charge in [0.2, 0.25) is 0 Å². The van der Waals surface area contributed by atoms with Gasteiger partial charge in [-0.25, -0.2) is 4.79 Å². The van der Waals surface area contributed by atoms with Crippen molar-refractivity contribution in [3.8, 4) is 0 Å². The van der Waals surface area contributed by atoms with Crippen LogP contribution in [-0.2, 0) is 0 Å². The number of benzene rings is 1. The fourth-order valence-electron chi connectivity index (χ4n) is 2.53. The normalized spacial score (nSPS) is 20.5. The minimum atomic E-state index is 0.0191. The second-order valence-corrected chi connectivity index (χ2v) is 5.57. The van der Waals surface area contributed by atoms with Crippen molar-refractivity contribution in [1.29, 1.82) is 0 Å². The lowest BCUT2D eigenvalue weighted by atomic mass is 10.00. The molecule has 1 heterocycles. The molecule has 2 unspecified atom stereocenters. The SMILES string of the molecule is Cc1ccc(C2CN(CCC(C)N)C(=O)N2)c(C)c1. The molecule has 19 heavy (non-hydrogen) atoms. The van der Waals surface area contributed by atoms with Crippen LogP contribution in [0.1, 0.15) is 36.1 Å². The topological polar surface area (TPSA) is 58.4 Å². The Hall–Kier alpha value is -1.55. The van der Waals surface area contributed by atoms with E-state index in [4.69, 9.17) is 5.73 Å². The maximum absolute atomic E-state index is 11.9. The lowest BCUT2D eigenvalue weighted by molar-refractivity contribution is 0.216. The second kappa shape index (κ2) is 5.61. The summed E-state index contributed by atoms with van der Waals surface area (Å²) in [6.45, 7) is 7.61. The summed E-state index contributed by atoms with van der Waals surface area (Å²) in [5, 5.41) is 3.05. The van der Waals surface area contributed by atoms with Crippen LogP contribution in [0.25, 0.3) is 0 Å². The Morgan fingerprint density at radius 3 is 2.84 bits per heavy atom. The van der Waals surface area contributed by atoms with E-state index >= 15 is 0 Å². The Labute approximate surface area is 115 Å². The highest BCUT2D eigenvalue weighted by Crippen LogP contribution is 2.24. The summed E-state index contributed by atoms with van der Waals surface area (Å²) in [5.41, 5.74) is 9.44. The number of carbonyl (C=O) groups is 1. The van der Waals surface area contributed by atoms with E-state index in [1.807, 2.05) is 11.8 Å². The van der Waals surface area contributed by atoms with Crippen molar-refractivity contribution in [2.45, 2.75) is 39.3 Å². The number of carbonyl (C=O) groups excluding carboxylic acids is 1. The molecule has 0 aromatic heterocycles. The lowest BCUT2D eigenvalue weighted by Gasteiger charge is -2.16. The van der Waals surface area contributed by atoms with Crippen LogP contribution in [-0.4, -0.2) is 30.1 Å². The predicted molar refractivity (Wildman–Crippen MR) is 77.0 cm³/mol. The van der Waals surface area contributed by atoms with Gasteiger partial charge in [0.05, 0.1) is 6.04 Å². The number of hydrogen-bond donors (Lipinski definition) is 2. The highest BCUT2D eigenvalue weighted by molar-refractivity contribution is 5.77. The van der Waals surface area contributed by atoms with Gasteiger partial charge in [-0.05, 0) is 38.3 Å². The fraction of sp³-hybridized carbons (Fsp3) is 0.533. The second-order valence-electron chi connectivity index (χ2n) is 5.57. The molecule has 1 aliphatic rings. The van der Waals surface area contributed by atoms with E-state index in [0.717, 1.165) is 19.5 Å².